The molecule has 1 aromatic carbocycles. The van der Waals surface area contributed by atoms with Gasteiger partial charge in [0.2, 0.25) is 0 Å². The molecule has 16 heavy (non-hydrogen) atoms. The number of halogens is 3. The molecule has 0 fully saturated rings. The van der Waals surface area contributed by atoms with Crippen LogP contribution in [0.3, 0.4) is 0 Å². The van der Waals surface area contributed by atoms with Crippen LogP contribution in [-0.4, -0.2) is 5.84 Å². The van der Waals surface area contributed by atoms with Gasteiger partial charge in [0, 0.05) is 11.5 Å². The third-order valence-corrected chi connectivity index (χ3v) is 2.61. The van der Waals surface area contributed by atoms with E-state index in [4.69, 9.17) is 5.73 Å². The summed E-state index contributed by atoms with van der Waals surface area (Å²) in [5.74, 6) is -0.921. The first-order chi connectivity index (χ1) is 7.21. The van der Waals surface area contributed by atoms with Crippen LogP contribution in [-0.2, 0) is 0 Å². The van der Waals surface area contributed by atoms with Crippen molar-refractivity contribution in [3.63, 3.8) is 0 Å². The van der Waals surface area contributed by atoms with E-state index in [1.165, 1.54) is 0 Å². The van der Waals surface area contributed by atoms with Gasteiger partial charge in [0.15, 0.2) is 0 Å². The average molecular weight is 291 g/mol. The van der Waals surface area contributed by atoms with Crippen LogP contribution in [0.15, 0.2) is 21.6 Å². The zero-order chi connectivity index (χ0) is 12.5. The third-order valence-electron chi connectivity index (χ3n) is 2.00. The van der Waals surface area contributed by atoms with Gasteiger partial charge in [-0.15, -0.1) is 0 Å². The lowest BCUT2D eigenvalue weighted by Crippen LogP contribution is -2.28. The Morgan fingerprint density at radius 2 is 1.81 bits per heavy atom. The molecular formula is C11H13BrF2N2. The van der Waals surface area contributed by atoms with Crippen LogP contribution in [0.1, 0.15) is 20.8 Å². The van der Waals surface area contributed by atoms with Gasteiger partial charge >= 0.3 is 0 Å². The first-order valence-corrected chi connectivity index (χ1v) is 5.50. The number of nitrogens with two attached hydrogens (primary N) is 1. The predicted molar refractivity (Wildman–Crippen MR) is 64.8 cm³/mol. The maximum atomic E-state index is 13.4. The summed E-state index contributed by atoms with van der Waals surface area (Å²) in [6, 6.07) is 2.04. The molecule has 0 spiro atoms. The van der Waals surface area contributed by atoms with E-state index in [2.05, 4.69) is 20.9 Å². The van der Waals surface area contributed by atoms with Gasteiger partial charge in [-0.25, -0.2) is 13.8 Å². The zero-order valence-electron chi connectivity index (χ0n) is 9.31. The zero-order valence-corrected chi connectivity index (χ0v) is 10.9. The van der Waals surface area contributed by atoms with Gasteiger partial charge in [-0.05, 0) is 22.0 Å². The molecule has 0 aliphatic heterocycles. The Bertz CT molecular complexity index is 436. The minimum atomic E-state index is -0.611. The highest BCUT2D eigenvalue weighted by Crippen LogP contribution is 2.26. The molecule has 0 aliphatic rings. The highest BCUT2D eigenvalue weighted by Gasteiger charge is 2.17. The van der Waals surface area contributed by atoms with E-state index in [0.29, 0.717) is 0 Å². The molecule has 0 atom stereocenters. The summed E-state index contributed by atoms with van der Waals surface area (Å²) in [6.07, 6.45) is 0. The molecule has 88 valence electrons. The van der Waals surface area contributed by atoms with Crippen molar-refractivity contribution in [1.29, 1.82) is 0 Å². The first-order valence-electron chi connectivity index (χ1n) is 4.71. The van der Waals surface area contributed by atoms with Crippen molar-refractivity contribution in [3.05, 3.63) is 28.2 Å². The monoisotopic (exact) mass is 290 g/mol. The Hall–Kier alpha value is -0.970. The molecule has 0 bridgehead atoms. The predicted octanol–water partition coefficient (Wildman–Crippen LogP) is 3.76. The molecule has 5 heteroatoms. The number of hydrogen-bond donors (Lipinski definition) is 1. The Morgan fingerprint density at radius 1 is 1.25 bits per heavy atom. The second-order valence-corrected chi connectivity index (χ2v) is 5.32. The van der Waals surface area contributed by atoms with Crippen molar-refractivity contribution in [2.24, 2.45) is 16.1 Å². The van der Waals surface area contributed by atoms with Crippen molar-refractivity contribution < 1.29 is 8.78 Å². The largest absolute Gasteiger partial charge is 0.387 e. The van der Waals surface area contributed by atoms with E-state index in [1.807, 2.05) is 20.8 Å². The summed E-state index contributed by atoms with van der Waals surface area (Å²) >= 11 is 2.89. The molecule has 2 nitrogen and oxygen atoms in total. The fourth-order valence-electron chi connectivity index (χ4n) is 0.895. The van der Waals surface area contributed by atoms with Gasteiger partial charge in [0.1, 0.15) is 23.2 Å². The third kappa shape index (κ3) is 3.01. The van der Waals surface area contributed by atoms with Crippen LogP contribution in [0.2, 0.25) is 0 Å². The summed E-state index contributed by atoms with van der Waals surface area (Å²) in [4.78, 5) is 3.89. The second-order valence-electron chi connectivity index (χ2n) is 4.46. The summed E-state index contributed by atoms with van der Waals surface area (Å²) in [7, 11) is 0. The van der Waals surface area contributed by atoms with E-state index in [9.17, 15) is 8.78 Å². The number of rotatable bonds is 1. The maximum Gasteiger partial charge on any atom is 0.150 e. The van der Waals surface area contributed by atoms with Crippen LogP contribution >= 0.6 is 15.9 Å². The topological polar surface area (TPSA) is 38.4 Å². The van der Waals surface area contributed by atoms with Crippen LogP contribution < -0.4 is 5.73 Å². The van der Waals surface area contributed by atoms with Gasteiger partial charge in [-0.3, -0.25) is 0 Å². The lowest BCUT2D eigenvalue weighted by Gasteiger charge is -2.17. The van der Waals surface area contributed by atoms with E-state index < -0.39 is 11.6 Å². The lowest BCUT2D eigenvalue weighted by molar-refractivity contribution is 0.580. The quantitative estimate of drug-likeness (QED) is 0.477. The Balaban J connectivity index is 3.21. The van der Waals surface area contributed by atoms with Gasteiger partial charge < -0.3 is 5.73 Å². The number of aliphatic imine (C=N–C) groups is 1. The fraction of sp³-hybridized carbons (Fsp3) is 0.364. The molecule has 0 heterocycles. The molecule has 0 saturated carbocycles. The SMILES string of the molecule is CC(C)(C)C(N)=Nc1cc(F)c(Br)cc1F. The van der Waals surface area contributed by atoms with Crippen molar-refractivity contribution in [3.8, 4) is 0 Å². The van der Waals surface area contributed by atoms with Gasteiger partial charge in [0.25, 0.3) is 0 Å². The van der Waals surface area contributed by atoms with Crippen LogP contribution in [0, 0.1) is 17.0 Å². The molecule has 0 aliphatic carbocycles. The van der Waals surface area contributed by atoms with Gasteiger partial charge in [-0.2, -0.15) is 0 Å². The molecule has 1 aromatic rings. The van der Waals surface area contributed by atoms with Crippen molar-refractivity contribution in [1.82, 2.24) is 0 Å². The van der Waals surface area contributed by atoms with Crippen LogP contribution in [0.5, 0.6) is 0 Å². The molecular weight excluding hydrogens is 278 g/mol. The summed E-state index contributed by atoms with van der Waals surface area (Å²) < 4.78 is 26.7. The summed E-state index contributed by atoms with van der Waals surface area (Å²) in [5, 5.41) is 0. The van der Waals surface area contributed by atoms with Crippen molar-refractivity contribution in [2.45, 2.75) is 20.8 Å². The van der Waals surface area contributed by atoms with Crippen LogP contribution in [0.25, 0.3) is 0 Å². The minimum absolute atomic E-state index is 0.0679. The molecule has 1 rings (SSSR count). The van der Waals surface area contributed by atoms with Crippen molar-refractivity contribution >= 4 is 27.5 Å². The summed E-state index contributed by atoms with van der Waals surface area (Å²) in [5.41, 5.74) is 5.22. The number of amidine groups is 1. The maximum absolute atomic E-state index is 13.4. The van der Waals surface area contributed by atoms with E-state index in [0.717, 1.165) is 12.1 Å². The van der Waals surface area contributed by atoms with Crippen molar-refractivity contribution in [2.75, 3.05) is 0 Å². The molecule has 0 unspecified atom stereocenters. The molecule has 0 saturated heterocycles. The second kappa shape index (κ2) is 4.49. The molecule has 2 N–H and O–H groups in total. The normalized spacial score (nSPS) is 13.0. The van der Waals surface area contributed by atoms with E-state index in [-0.39, 0.29) is 21.4 Å². The molecule has 0 aromatic heterocycles. The lowest BCUT2D eigenvalue weighted by atomic mass is 9.95. The summed E-state index contributed by atoms with van der Waals surface area (Å²) in [6.45, 7) is 5.54. The highest BCUT2D eigenvalue weighted by atomic mass is 79.9. The first kappa shape index (κ1) is 13.1. The minimum Gasteiger partial charge on any atom is -0.387 e. The standard InChI is InChI=1S/C11H13BrF2N2/c1-11(2,3)10(15)16-9-5-7(13)6(12)4-8(9)14/h4-5H,1-3H3,(H2,15,16). The Labute approximate surface area is 102 Å². The van der Waals surface area contributed by atoms with Gasteiger partial charge in [0.05, 0.1) is 4.47 Å². The highest BCUT2D eigenvalue weighted by molar-refractivity contribution is 9.10. The number of hydrogen-bond acceptors (Lipinski definition) is 1. The number of nitrogens with zero attached hydrogens (tertiary/aromatic N) is 1. The smallest absolute Gasteiger partial charge is 0.150 e. The van der Waals surface area contributed by atoms with Crippen LogP contribution in [0.4, 0.5) is 14.5 Å². The Morgan fingerprint density at radius 3 is 2.31 bits per heavy atom. The molecule has 0 amide bonds. The van der Waals surface area contributed by atoms with Gasteiger partial charge in [-0.1, -0.05) is 20.8 Å². The van der Waals surface area contributed by atoms with E-state index in [1.54, 1.807) is 0 Å². The fourth-order valence-corrected chi connectivity index (χ4v) is 1.21. The Kier molecular flexibility index (Phi) is 3.68. The molecule has 0 radical (unpaired) electrons. The van der Waals surface area contributed by atoms with E-state index >= 15 is 0 Å². The number of benzene rings is 1. The average Bonchev–Trinajstić information content (AvgIpc) is 2.12.